The molecule has 1 heterocycles. The van der Waals surface area contributed by atoms with Crippen molar-refractivity contribution in [3.63, 3.8) is 0 Å². The summed E-state index contributed by atoms with van der Waals surface area (Å²) < 4.78 is 26.7. The second-order valence-corrected chi connectivity index (χ2v) is 7.78. The molecule has 0 unspecified atom stereocenters. The summed E-state index contributed by atoms with van der Waals surface area (Å²) >= 11 is 0.837. The number of aromatic carboxylic acids is 1. The van der Waals surface area contributed by atoms with Crippen molar-refractivity contribution < 1.29 is 23.4 Å². The Balaban J connectivity index is 3.20. The molecule has 0 amide bonds. The van der Waals surface area contributed by atoms with Crippen LogP contribution in [0.5, 0.6) is 0 Å². The molecule has 0 spiro atoms. The van der Waals surface area contributed by atoms with Crippen LogP contribution in [0.1, 0.15) is 37.4 Å². The van der Waals surface area contributed by atoms with Gasteiger partial charge in [-0.2, -0.15) is 0 Å². The Morgan fingerprint density at radius 2 is 1.84 bits per heavy atom. The van der Waals surface area contributed by atoms with Gasteiger partial charge >= 0.3 is 5.97 Å². The van der Waals surface area contributed by atoms with Crippen molar-refractivity contribution in [1.29, 1.82) is 0 Å². The summed E-state index contributed by atoms with van der Waals surface area (Å²) in [6, 6.07) is 1.23. The van der Waals surface area contributed by atoms with Crippen LogP contribution in [0.15, 0.2) is 16.3 Å². The largest absolute Gasteiger partial charge is 0.477 e. The molecule has 108 valence electrons. The molecule has 6 nitrogen and oxygen atoms in total. The summed E-state index contributed by atoms with van der Waals surface area (Å²) in [6.07, 6.45) is 0. The molecule has 0 saturated heterocycles. The number of hydrogen-bond donors (Lipinski definition) is 3. The first-order valence-corrected chi connectivity index (χ1v) is 7.82. The summed E-state index contributed by atoms with van der Waals surface area (Å²) in [7, 11) is -4.01. The summed E-state index contributed by atoms with van der Waals surface area (Å²) in [6.45, 7) is 6.00. The van der Waals surface area contributed by atoms with E-state index in [9.17, 15) is 18.3 Å². The fourth-order valence-corrected chi connectivity index (χ4v) is 3.98. The highest BCUT2D eigenvalue weighted by atomic mass is 32.2. The predicted octanol–water partition coefficient (Wildman–Crippen LogP) is 1.27. The second kappa shape index (κ2) is 4.86. The van der Waals surface area contributed by atoms with Crippen molar-refractivity contribution >= 4 is 27.3 Å². The van der Waals surface area contributed by atoms with E-state index in [4.69, 9.17) is 5.11 Å². The predicted molar refractivity (Wildman–Crippen MR) is 72.0 cm³/mol. The number of carboxylic acid groups (broad SMARTS) is 1. The van der Waals surface area contributed by atoms with Crippen molar-refractivity contribution in [2.75, 3.05) is 0 Å². The Hall–Kier alpha value is -0.960. The van der Waals surface area contributed by atoms with Gasteiger partial charge in [0, 0.05) is 0 Å². The number of hydrogen-bond acceptors (Lipinski definition) is 5. The van der Waals surface area contributed by atoms with Gasteiger partial charge in [-0.15, -0.1) is 11.3 Å². The number of rotatable bonds is 5. The molecule has 1 rings (SSSR count). The van der Waals surface area contributed by atoms with Gasteiger partial charge in [0.1, 0.15) is 9.77 Å². The van der Waals surface area contributed by atoms with Gasteiger partial charge < -0.3 is 10.2 Å². The molecule has 0 atom stereocenters. The van der Waals surface area contributed by atoms with Gasteiger partial charge in [0.05, 0.1) is 11.1 Å². The zero-order valence-electron chi connectivity index (χ0n) is 11.1. The van der Waals surface area contributed by atoms with E-state index in [1.807, 2.05) is 0 Å². The standard InChI is InChI=1S/C11H17NO5S2/c1-10(2,11(3,4)15)12-19(16,17)7-5-6-18-8(7)9(13)14/h5-6,12,15H,1-4H3,(H,13,14). The number of sulfonamides is 1. The third-order valence-corrected chi connectivity index (χ3v) is 5.76. The Morgan fingerprint density at radius 1 is 1.32 bits per heavy atom. The lowest BCUT2D eigenvalue weighted by atomic mass is 9.87. The van der Waals surface area contributed by atoms with Crippen LogP contribution in [0, 0.1) is 0 Å². The van der Waals surface area contributed by atoms with Crippen LogP contribution in [0.2, 0.25) is 0 Å². The summed E-state index contributed by atoms with van der Waals surface area (Å²) in [5, 5.41) is 20.3. The van der Waals surface area contributed by atoms with Crippen LogP contribution in [0.4, 0.5) is 0 Å². The lowest BCUT2D eigenvalue weighted by molar-refractivity contribution is 0.00639. The lowest BCUT2D eigenvalue weighted by Crippen LogP contribution is -2.57. The van der Waals surface area contributed by atoms with Crippen LogP contribution in [0.3, 0.4) is 0 Å². The molecular weight excluding hydrogens is 290 g/mol. The molecule has 19 heavy (non-hydrogen) atoms. The SMILES string of the molecule is CC(C)(O)C(C)(C)NS(=O)(=O)c1ccsc1C(=O)O. The van der Waals surface area contributed by atoms with Gasteiger partial charge in [0.2, 0.25) is 10.0 Å². The minimum atomic E-state index is -4.01. The topological polar surface area (TPSA) is 104 Å². The molecule has 0 fully saturated rings. The normalized spacial score (nSPS) is 13.5. The summed E-state index contributed by atoms with van der Waals surface area (Å²) in [4.78, 5) is 10.4. The number of aliphatic hydroxyl groups is 1. The lowest BCUT2D eigenvalue weighted by Gasteiger charge is -2.37. The highest BCUT2D eigenvalue weighted by molar-refractivity contribution is 7.89. The van der Waals surface area contributed by atoms with E-state index < -0.39 is 27.1 Å². The van der Waals surface area contributed by atoms with Crippen LogP contribution in [0.25, 0.3) is 0 Å². The average Bonchev–Trinajstić information content (AvgIpc) is 2.62. The minimum absolute atomic E-state index is 0.251. The van der Waals surface area contributed by atoms with E-state index in [0.29, 0.717) is 0 Å². The number of nitrogens with one attached hydrogen (secondary N) is 1. The summed E-state index contributed by atoms with van der Waals surface area (Å²) in [5.74, 6) is -1.29. The smallest absolute Gasteiger partial charge is 0.347 e. The molecular formula is C11H17NO5S2. The maximum absolute atomic E-state index is 12.2. The molecule has 0 aliphatic heterocycles. The van der Waals surface area contributed by atoms with Gasteiger partial charge in [-0.25, -0.2) is 17.9 Å². The van der Waals surface area contributed by atoms with Gasteiger partial charge in [0.15, 0.2) is 0 Å². The fraction of sp³-hybridized carbons (Fsp3) is 0.545. The van der Waals surface area contributed by atoms with Crippen LogP contribution in [-0.2, 0) is 10.0 Å². The van der Waals surface area contributed by atoms with Gasteiger partial charge in [-0.1, -0.05) is 0 Å². The molecule has 0 bridgehead atoms. The second-order valence-electron chi connectivity index (χ2n) is 5.21. The van der Waals surface area contributed by atoms with E-state index in [1.54, 1.807) is 0 Å². The van der Waals surface area contributed by atoms with Crippen LogP contribution >= 0.6 is 11.3 Å². The quantitative estimate of drug-likeness (QED) is 0.760. The van der Waals surface area contributed by atoms with Crippen LogP contribution < -0.4 is 4.72 Å². The maximum Gasteiger partial charge on any atom is 0.347 e. The average molecular weight is 307 g/mol. The van der Waals surface area contributed by atoms with Gasteiger partial charge in [-0.05, 0) is 39.1 Å². The van der Waals surface area contributed by atoms with Crippen molar-refractivity contribution in [3.05, 3.63) is 16.3 Å². The Kier molecular flexibility index (Phi) is 4.12. The highest BCUT2D eigenvalue weighted by Crippen LogP contribution is 2.27. The monoisotopic (exact) mass is 307 g/mol. The fourth-order valence-electron chi connectivity index (χ4n) is 1.18. The Morgan fingerprint density at radius 3 is 2.26 bits per heavy atom. The van der Waals surface area contributed by atoms with E-state index in [2.05, 4.69) is 4.72 Å². The molecule has 3 N–H and O–H groups in total. The first-order chi connectivity index (χ1) is 8.38. The number of thiophene rings is 1. The van der Waals surface area contributed by atoms with Crippen molar-refractivity contribution in [2.45, 2.75) is 43.7 Å². The minimum Gasteiger partial charge on any atom is -0.477 e. The molecule has 1 aromatic heterocycles. The van der Waals surface area contributed by atoms with E-state index in [1.165, 1.54) is 39.1 Å². The Bertz CT molecular complexity index is 580. The zero-order valence-corrected chi connectivity index (χ0v) is 12.7. The molecule has 0 aromatic carbocycles. The van der Waals surface area contributed by atoms with Crippen LogP contribution in [-0.4, -0.2) is 35.7 Å². The van der Waals surface area contributed by atoms with Crippen molar-refractivity contribution in [1.82, 2.24) is 4.72 Å². The molecule has 1 aromatic rings. The zero-order chi connectivity index (χ0) is 15.1. The third-order valence-electron chi connectivity index (χ3n) is 3.03. The Labute approximate surface area is 116 Å². The maximum atomic E-state index is 12.2. The first kappa shape index (κ1) is 16.1. The van der Waals surface area contributed by atoms with E-state index in [-0.39, 0.29) is 9.77 Å². The van der Waals surface area contributed by atoms with Crippen molar-refractivity contribution in [3.8, 4) is 0 Å². The van der Waals surface area contributed by atoms with Crippen molar-refractivity contribution in [2.24, 2.45) is 0 Å². The molecule has 0 radical (unpaired) electrons. The molecule has 0 aliphatic carbocycles. The molecule has 0 saturated carbocycles. The van der Waals surface area contributed by atoms with Gasteiger partial charge in [0.25, 0.3) is 0 Å². The van der Waals surface area contributed by atoms with E-state index in [0.717, 1.165) is 11.3 Å². The third kappa shape index (κ3) is 3.33. The van der Waals surface area contributed by atoms with Gasteiger partial charge in [-0.3, -0.25) is 0 Å². The number of carboxylic acids is 1. The number of carbonyl (C=O) groups is 1. The molecule has 0 aliphatic rings. The highest BCUT2D eigenvalue weighted by Gasteiger charge is 2.39. The molecule has 8 heteroatoms. The summed E-state index contributed by atoms with van der Waals surface area (Å²) in [5.41, 5.74) is -2.46. The first-order valence-electron chi connectivity index (χ1n) is 5.45. The van der Waals surface area contributed by atoms with E-state index >= 15 is 0 Å².